The second-order valence-corrected chi connectivity index (χ2v) is 7.24. The quantitative estimate of drug-likeness (QED) is 0.329. The van der Waals surface area contributed by atoms with Crippen LogP contribution in [0.1, 0.15) is 21.5 Å². The molecule has 34 heavy (non-hydrogen) atoms. The molecule has 1 N–H and O–H groups in total. The number of aromatic hydroxyl groups is 1. The molecule has 1 aromatic heterocycles. The minimum Gasteiger partial charge on any atom is -0.494 e. The Bertz CT molecular complexity index is 1490. The summed E-state index contributed by atoms with van der Waals surface area (Å²) in [6.07, 6.45) is -3.38. The minimum atomic E-state index is -4.63. The number of para-hydroxylation sites is 1. The van der Waals surface area contributed by atoms with Crippen molar-refractivity contribution >= 4 is 28.6 Å². The van der Waals surface area contributed by atoms with E-state index in [0.29, 0.717) is 5.39 Å². The van der Waals surface area contributed by atoms with Gasteiger partial charge >= 0.3 is 12.1 Å². The molecule has 0 unspecified atom stereocenters. The lowest BCUT2D eigenvalue weighted by atomic mass is 10.1. The molecule has 0 saturated heterocycles. The Morgan fingerprint density at radius 2 is 1.68 bits per heavy atom. The van der Waals surface area contributed by atoms with Crippen LogP contribution < -0.4 is 5.56 Å². The Labute approximate surface area is 191 Å². The number of ether oxygens (including phenoxy) is 1. The van der Waals surface area contributed by atoms with Gasteiger partial charge in [0.1, 0.15) is 0 Å². The molecule has 6 nitrogen and oxygen atoms in total. The highest BCUT2D eigenvalue weighted by Crippen LogP contribution is 2.32. The number of nitrogens with zero attached hydrogens (tertiary/aromatic N) is 2. The summed E-state index contributed by atoms with van der Waals surface area (Å²) in [5, 5.41) is 11.5. The summed E-state index contributed by atoms with van der Waals surface area (Å²) >= 11 is 0. The summed E-state index contributed by atoms with van der Waals surface area (Å²) < 4.78 is 45.3. The van der Waals surface area contributed by atoms with E-state index < -0.39 is 29.1 Å². The van der Waals surface area contributed by atoms with Crippen LogP contribution in [0, 0.1) is 0 Å². The second-order valence-electron chi connectivity index (χ2n) is 7.24. The van der Waals surface area contributed by atoms with E-state index >= 15 is 0 Å². The van der Waals surface area contributed by atoms with Gasteiger partial charge in [-0.25, -0.2) is 9.36 Å². The Hall–Kier alpha value is -4.40. The minimum absolute atomic E-state index is 0.0901. The maximum Gasteiger partial charge on any atom is 0.416 e. The molecular formula is C25H17F3N2O4. The zero-order valence-electron chi connectivity index (χ0n) is 17.7. The van der Waals surface area contributed by atoms with E-state index in [9.17, 15) is 27.9 Å². The number of hydrogen-bond acceptors (Lipinski definition) is 5. The zero-order valence-corrected chi connectivity index (χ0v) is 17.7. The third-order valence-electron chi connectivity index (χ3n) is 5.18. The SMILES string of the molecule is COC(=O)c1ccccc1N=Cc1c(O)n(-c2cccc(C(F)(F)F)c2)c(=O)c2ccccc12. The number of aromatic nitrogens is 1. The molecular weight excluding hydrogens is 449 g/mol. The van der Waals surface area contributed by atoms with Crippen LogP contribution in [0.3, 0.4) is 0 Å². The highest BCUT2D eigenvalue weighted by Gasteiger charge is 2.31. The highest BCUT2D eigenvalue weighted by atomic mass is 19.4. The Balaban J connectivity index is 1.96. The van der Waals surface area contributed by atoms with Crippen molar-refractivity contribution in [2.75, 3.05) is 7.11 Å². The normalized spacial score (nSPS) is 11.8. The average Bonchev–Trinajstić information content (AvgIpc) is 2.83. The van der Waals surface area contributed by atoms with Crippen LogP contribution in [-0.4, -0.2) is 29.0 Å². The van der Waals surface area contributed by atoms with Gasteiger partial charge < -0.3 is 9.84 Å². The molecule has 1 heterocycles. The van der Waals surface area contributed by atoms with Crippen LogP contribution in [0.2, 0.25) is 0 Å². The van der Waals surface area contributed by atoms with Crippen molar-refractivity contribution in [3.63, 3.8) is 0 Å². The van der Waals surface area contributed by atoms with Crippen LogP contribution in [-0.2, 0) is 10.9 Å². The van der Waals surface area contributed by atoms with E-state index in [0.717, 1.165) is 22.8 Å². The number of benzene rings is 3. The molecule has 0 bridgehead atoms. The molecule has 0 saturated carbocycles. The van der Waals surface area contributed by atoms with Gasteiger partial charge in [0.25, 0.3) is 5.56 Å². The summed E-state index contributed by atoms with van der Waals surface area (Å²) in [6, 6.07) is 16.8. The fourth-order valence-electron chi connectivity index (χ4n) is 3.55. The smallest absolute Gasteiger partial charge is 0.416 e. The zero-order chi connectivity index (χ0) is 24.5. The van der Waals surface area contributed by atoms with Crippen molar-refractivity contribution in [1.82, 2.24) is 4.57 Å². The summed E-state index contributed by atoms with van der Waals surface area (Å²) in [5.74, 6) is -1.21. The third-order valence-corrected chi connectivity index (χ3v) is 5.18. The van der Waals surface area contributed by atoms with Crippen molar-refractivity contribution < 1.29 is 27.8 Å². The van der Waals surface area contributed by atoms with Crippen LogP contribution in [0.15, 0.2) is 82.6 Å². The number of carbonyl (C=O) groups is 1. The number of alkyl halides is 3. The van der Waals surface area contributed by atoms with Crippen LogP contribution in [0.4, 0.5) is 18.9 Å². The first-order valence-corrected chi connectivity index (χ1v) is 9.98. The van der Waals surface area contributed by atoms with Gasteiger partial charge in [0.2, 0.25) is 5.88 Å². The monoisotopic (exact) mass is 466 g/mol. The third kappa shape index (κ3) is 4.15. The van der Waals surface area contributed by atoms with Gasteiger partial charge in [-0.3, -0.25) is 9.79 Å². The number of halogens is 3. The largest absolute Gasteiger partial charge is 0.494 e. The summed E-state index contributed by atoms with van der Waals surface area (Å²) in [5.41, 5.74) is -1.31. The maximum atomic E-state index is 13.2. The molecule has 0 radical (unpaired) electrons. The first-order chi connectivity index (χ1) is 16.2. The molecule has 0 atom stereocenters. The number of pyridine rings is 1. The first kappa shape index (κ1) is 22.8. The first-order valence-electron chi connectivity index (χ1n) is 9.98. The Kier molecular flexibility index (Phi) is 5.93. The highest BCUT2D eigenvalue weighted by molar-refractivity contribution is 6.03. The average molecular weight is 466 g/mol. The van der Waals surface area contributed by atoms with Gasteiger partial charge in [-0.2, -0.15) is 13.2 Å². The van der Waals surface area contributed by atoms with Gasteiger partial charge in [0, 0.05) is 17.0 Å². The van der Waals surface area contributed by atoms with Gasteiger partial charge in [-0.05, 0) is 36.4 Å². The molecule has 4 aromatic rings. The lowest BCUT2D eigenvalue weighted by molar-refractivity contribution is -0.137. The molecule has 4 rings (SSSR count). The van der Waals surface area contributed by atoms with Crippen LogP contribution >= 0.6 is 0 Å². The number of esters is 1. The van der Waals surface area contributed by atoms with Gasteiger partial charge in [-0.1, -0.05) is 36.4 Å². The predicted octanol–water partition coefficient (Wildman–Crippen LogP) is 5.25. The van der Waals surface area contributed by atoms with Gasteiger partial charge in [0.15, 0.2) is 0 Å². The van der Waals surface area contributed by atoms with E-state index in [4.69, 9.17) is 4.74 Å². The molecule has 3 aromatic carbocycles. The fraction of sp³-hybridized carbons (Fsp3) is 0.0800. The van der Waals surface area contributed by atoms with Crippen LogP contribution in [0.5, 0.6) is 5.88 Å². The number of methoxy groups -OCH3 is 1. The maximum absolute atomic E-state index is 13.2. The standard InChI is InChI=1S/C25H17F3N2O4/c1-34-24(33)19-11-4-5-12-21(19)29-14-20-17-9-2-3-10-18(17)22(31)30(23(20)32)16-8-6-7-15(13-16)25(26,27)28/h2-14,32H,1H3. The van der Waals surface area contributed by atoms with Crippen molar-refractivity contribution in [3.8, 4) is 11.6 Å². The molecule has 9 heteroatoms. The molecule has 0 aliphatic rings. The Morgan fingerprint density at radius 3 is 2.38 bits per heavy atom. The molecule has 0 fully saturated rings. The van der Waals surface area contributed by atoms with Gasteiger partial charge in [-0.15, -0.1) is 0 Å². The van der Waals surface area contributed by atoms with Crippen LogP contribution in [0.25, 0.3) is 16.5 Å². The lowest BCUT2D eigenvalue weighted by Gasteiger charge is -2.15. The Morgan fingerprint density at radius 1 is 1.00 bits per heavy atom. The lowest BCUT2D eigenvalue weighted by Crippen LogP contribution is -2.20. The summed E-state index contributed by atoms with van der Waals surface area (Å²) in [4.78, 5) is 29.5. The van der Waals surface area contributed by atoms with E-state index in [1.54, 1.807) is 36.4 Å². The molecule has 0 aliphatic heterocycles. The van der Waals surface area contributed by atoms with Crippen molar-refractivity contribution in [3.05, 3.63) is 99.8 Å². The van der Waals surface area contributed by atoms with E-state index in [2.05, 4.69) is 4.99 Å². The molecule has 0 amide bonds. The number of carbonyl (C=O) groups excluding carboxylic acids is 1. The van der Waals surface area contributed by atoms with E-state index in [1.165, 1.54) is 31.5 Å². The molecule has 0 spiro atoms. The second kappa shape index (κ2) is 8.86. The predicted molar refractivity (Wildman–Crippen MR) is 121 cm³/mol. The molecule has 0 aliphatic carbocycles. The number of hydrogen-bond donors (Lipinski definition) is 1. The fourth-order valence-corrected chi connectivity index (χ4v) is 3.55. The molecule has 172 valence electrons. The van der Waals surface area contributed by atoms with E-state index in [-0.39, 0.29) is 27.9 Å². The summed E-state index contributed by atoms with van der Waals surface area (Å²) in [6.45, 7) is 0. The van der Waals surface area contributed by atoms with Crippen molar-refractivity contribution in [1.29, 1.82) is 0 Å². The number of rotatable bonds is 4. The number of aliphatic imine (C=N–C) groups is 1. The van der Waals surface area contributed by atoms with Crippen molar-refractivity contribution in [2.24, 2.45) is 4.99 Å². The van der Waals surface area contributed by atoms with Gasteiger partial charge in [0.05, 0.1) is 35.2 Å². The topological polar surface area (TPSA) is 80.9 Å². The number of fused-ring (bicyclic) bond motifs is 1. The van der Waals surface area contributed by atoms with E-state index in [1.807, 2.05) is 0 Å². The summed E-state index contributed by atoms with van der Waals surface area (Å²) in [7, 11) is 1.23. The van der Waals surface area contributed by atoms with Crippen molar-refractivity contribution in [2.45, 2.75) is 6.18 Å².